The fourth-order valence-electron chi connectivity index (χ4n) is 3.30. The van der Waals surface area contributed by atoms with Crippen molar-refractivity contribution in [3.63, 3.8) is 0 Å². The van der Waals surface area contributed by atoms with E-state index in [2.05, 4.69) is 32.3 Å². The van der Waals surface area contributed by atoms with Gasteiger partial charge in [0.15, 0.2) is 0 Å². The van der Waals surface area contributed by atoms with Crippen LogP contribution < -0.4 is 10.2 Å². The summed E-state index contributed by atoms with van der Waals surface area (Å²) in [6.45, 7) is 3.02. The molecule has 6 heteroatoms. The number of nitrogens with zero attached hydrogens (tertiary/aromatic N) is 3. The number of amides is 1. The fourth-order valence-corrected chi connectivity index (χ4v) is 3.30. The first-order valence-electron chi connectivity index (χ1n) is 9.74. The van der Waals surface area contributed by atoms with Crippen LogP contribution in [-0.4, -0.2) is 48.2 Å². The topological polar surface area (TPSA) is 67.3 Å². The maximum Gasteiger partial charge on any atom is 0.225 e. The van der Waals surface area contributed by atoms with E-state index in [9.17, 15) is 4.79 Å². The maximum atomic E-state index is 12.2. The number of aromatic nitrogens is 2. The van der Waals surface area contributed by atoms with Gasteiger partial charge < -0.3 is 15.0 Å². The van der Waals surface area contributed by atoms with Gasteiger partial charge in [-0.2, -0.15) is 0 Å². The Morgan fingerprint density at radius 1 is 1.15 bits per heavy atom. The van der Waals surface area contributed by atoms with E-state index in [1.54, 1.807) is 12.4 Å². The maximum absolute atomic E-state index is 12.2. The molecule has 1 N–H and O–H groups in total. The lowest BCUT2D eigenvalue weighted by molar-refractivity contribution is -0.122. The molecule has 1 atom stereocenters. The molecule has 1 aromatic heterocycles. The zero-order chi connectivity index (χ0) is 18.7. The number of ether oxygens (including phenoxy) is 1. The molecular weight excluding hydrogens is 340 g/mol. The van der Waals surface area contributed by atoms with Crippen LogP contribution in [0.15, 0.2) is 48.8 Å². The summed E-state index contributed by atoms with van der Waals surface area (Å²) in [7, 11) is 0. The van der Waals surface area contributed by atoms with Crippen molar-refractivity contribution in [2.45, 2.75) is 38.1 Å². The van der Waals surface area contributed by atoms with Gasteiger partial charge in [0, 0.05) is 44.6 Å². The summed E-state index contributed by atoms with van der Waals surface area (Å²) in [6, 6.07) is 12.3. The molecule has 3 rings (SSSR count). The molecule has 1 aromatic carbocycles. The van der Waals surface area contributed by atoms with Crippen LogP contribution in [0.4, 0.5) is 5.95 Å². The van der Waals surface area contributed by atoms with E-state index in [1.807, 2.05) is 24.3 Å². The minimum atomic E-state index is 0.0995. The minimum absolute atomic E-state index is 0.0995. The van der Waals surface area contributed by atoms with Crippen LogP contribution in [0.1, 0.15) is 31.2 Å². The minimum Gasteiger partial charge on any atom is -0.381 e. The van der Waals surface area contributed by atoms with Crippen molar-refractivity contribution in [1.82, 2.24) is 15.3 Å². The van der Waals surface area contributed by atoms with Crippen molar-refractivity contribution in [2.24, 2.45) is 0 Å². The number of piperidine rings is 1. The standard InChI is InChI=1S/C21H28N4O2/c26-20(10-5-15-27-16-11-18-7-2-1-3-8-18)24-19-9-4-14-25(17-19)21-22-12-6-13-23-21/h1-3,6-8,12-13,19H,4-5,9-11,14-17H2,(H,24,26). The molecule has 1 saturated heterocycles. The predicted octanol–water partition coefficient (Wildman–Crippen LogP) is 2.60. The number of nitrogens with one attached hydrogen (secondary N) is 1. The van der Waals surface area contributed by atoms with Gasteiger partial charge in [-0.3, -0.25) is 4.79 Å². The van der Waals surface area contributed by atoms with E-state index in [0.29, 0.717) is 19.6 Å². The Morgan fingerprint density at radius 2 is 1.96 bits per heavy atom. The van der Waals surface area contributed by atoms with E-state index >= 15 is 0 Å². The Hall–Kier alpha value is -2.47. The number of anilines is 1. The van der Waals surface area contributed by atoms with E-state index in [1.165, 1.54) is 5.56 Å². The molecule has 1 amide bonds. The average molecular weight is 368 g/mol. The van der Waals surface area contributed by atoms with Crippen LogP contribution in [0, 0.1) is 0 Å². The van der Waals surface area contributed by atoms with Gasteiger partial charge in [0.1, 0.15) is 0 Å². The summed E-state index contributed by atoms with van der Waals surface area (Å²) in [5.74, 6) is 0.839. The van der Waals surface area contributed by atoms with Crippen LogP contribution in [0.25, 0.3) is 0 Å². The SMILES string of the molecule is O=C(CCCOCCc1ccccc1)NC1CCCN(c2ncccn2)C1. The molecule has 0 radical (unpaired) electrons. The first-order chi connectivity index (χ1) is 13.3. The Morgan fingerprint density at radius 3 is 2.78 bits per heavy atom. The van der Waals surface area contributed by atoms with Crippen molar-refractivity contribution in [3.8, 4) is 0 Å². The Labute approximate surface area is 161 Å². The second kappa shape index (κ2) is 10.6. The van der Waals surface area contributed by atoms with Gasteiger partial charge in [0.2, 0.25) is 11.9 Å². The summed E-state index contributed by atoms with van der Waals surface area (Å²) in [4.78, 5) is 22.9. The molecule has 1 unspecified atom stereocenters. The third kappa shape index (κ3) is 6.64. The van der Waals surface area contributed by atoms with Gasteiger partial charge in [-0.05, 0) is 37.3 Å². The van der Waals surface area contributed by atoms with Crippen LogP contribution in [0.5, 0.6) is 0 Å². The first-order valence-corrected chi connectivity index (χ1v) is 9.74. The third-order valence-corrected chi connectivity index (χ3v) is 4.69. The summed E-state index contributed by atoms with van der Waals surface area (Å²) in [5.41, 5.74) is 1.28. The molecule has 0 bridgehead atoms. The van der Waals surface area contributed by atoms with Crippen molar-refractivity contribution in [1.29, 1.82) is 0 Å². The third-order valence-electron chi connectivity index (χ3n) is 4.69. The smallest absolute Gasteiger partial charge is 0.225 e. The number of carbonyl (C=O) groups excluding carboxylic acids is 1. The lowest BCUT2D eigenvalue weighted by Gasteiger charge is -2.33. The van der Waals surface area contributed by atoms with Gasteiger partial charge in [-0.25, -0.2) is 9.97 Å². The molecule has 27 heavy (non-hydrogen) atoms. The van der Waals surface area contributed by atoms with Crippen molar-refractivity contribution in [3.05, 3.63) is 54.4 Å². The Bertz CT molecular complexity index is 681. The number of hydrogen-bond donors (Lipinski definition) is 1. The molecule has 0 saturated carbocycles. The summed E-state index contributed by atoms with van der Waals surface area (Å²) in [6.07, 6.45) is 7.70. The van der Waals surface area contributed by atoms with Crippen molar-refractivity contribution >= 4 is 11.9 Å². The average Bonchev–Trinajstić information content (AvgIpc) is 2.72. The molecule has 2 aromatic rings. The fraction of sp³-hybridized carbons (Fsp3) is 0.476. The summed E-state index contributed by atoms with van der Waals surface area (Å²) < 4.78 is 5.65. The highest BCUT2D eigenvalue weighted by Crippen LogP contribution is 2.15. The highest BCUT2D eigenvalue weighted by Gasteiger charge is 2.22. The molecule has 6 nitrogen and oxygen atoms in total. The first kappa shape index (κ1) is 19.3. The van der Waals surface area contributed by atoms with Gasteiger partial charge in [-0.1, -0.05) is 30.3 Å². The molecule has 1 fully saturated rings. The van der Waals surface area contributed by atoms with Gasteiger partial charge in [-0.15, -0.1) is 0 Å². The predicted molar refractivity (Wildman–Crippen MR) is 106 cm³/mol. The summed E-state index contributed by atoms with van der Waals surface area (Å²) in [5, 5.41) is 3.14. The van der Waals surface area contributed by atoms with Gasteiger partial charge in [0.25, 0.3) is 0 Å². The highest BCUT2D eigenvalue weighted by atomic mass is 16.5. The van der Waals surface area contributed by atoms with Gasteiger partial charge >= 0.3 is 0 Å². The monoisotopic (exact) mass is 368 g/mol. The molecule has 1 aliphatic rings. The van der Waals surface area contributed by atoms with Crippen LogP contribution in [-0.2, 0) is 16.0 Å². The van der Waals surface area contributed by atoms with E-state index in [0.717, 1.165) is 44.7 Å². The second-order valence-electron chi connectivity index (χ2n) is 6.85. The zero-order valence-electron chi connectivity index (χ0n) is 15.7. The van der Waals surface area contributed by atoms with E-state index in [-0.39, 0.29) is 11.9 Å². The molecule has 2 heterocycles. The Balaban J connectivity index is 1.29. The molecular formula is C21H28N4O2. The lowest BCUT2D eigenvalue weighted by atomic mass is 10.1. The number of rotatable bonds is 9. The highest BCUT2D eigenvalue weighted by molar-refractivity contribution is 5.76. The summed E-state index contributed by atoms with van der Waals surface area (Å²) >= 11 is 0. The van der Waals surface area contributed by atoms with Crippen LogP contribution >= 0.6 is 0 Å². The number of hydrogen-bond acceptors (Lipinski definition) is 5. The largest absolute Gasteiger partial charge is 0.381 e. The molecule has 0 aliphatic carbocycles. The molecule has 1 aliphatic heterocycles. The van der Waals surface area contributed by atoms with Crippen LogP contribution in [0.2, 0.25) is 0 Å². The molecule has 0 spiro atoms. The normalized spacial score (nSPS) is 16.9. The number of benzene rings is 1. The Kier molecular flexibility index (Phi) is 7.59. The van der Waals surface area contributed by atoms with E-state index in [4.69, 9.17) is 4.74 Å². The second-order valence-corrected chi connectivity index (χ2v) is 6.85. The molecule has 144 valence electrons. The van der Waals surface area contributed by atoms with Crippen LogP contribution in [0.3, 0.4) is 0 Å². The lowest BCUT2D eigenvalue weighted by Crippen LogP contribution is -2.48. The number of carbonyl (C=O) groups is 1. The van der Waals surface area contributed by atoms with Crippen molar-refractivity contribution in [2.75, 3.05) is 31.2 Å². The quantitative estimate of drug-likeness (QED) is 0.689. The van der Waals surface area contributed by atoms with E-state index < -0.39 is 0 Å². The zero-order valence-corrected chi connectivity index (χ0v) is 15.7. The van der Waals surface area contributed by atoms with Crippen molar-refractivity contribution < 1.29 is 9.53 Å². The van der Waals surface area contributed by atoms with Gasteiger partial charge in [0.05, 0.1) is 6.61 Å².